The molecule has 2 bridgehead atoms. The number of rotatable bonds is 12. The number of halogens is 3. The second-order valence-corrected chi connectivity index (χ2v) is 13.3. The Kier molecular flexibility index (Phi) is 10.7. The Morgan fingerprint density at radius 3 is 2.22 bits per heavy atom. The minimum absolute atomic E-state index is 0.00363. The molecular weight excluding hydrogens is 688 g/mol. The van der Waals surface area contributed by atoms with Crippen molar-refractivity contribution in [3.63, 3.8) is 0 Å². The summed E-state index contributed by atoms with van der Waals surface area (Å²) >= 11 is 13.1. The van der Waals surface area contributed by atoms with Gasteiger partial charge in [0.15, 0.2) is 17.5 Å². The standard InChI is InChI=1S/C37H36Cl2FN3O7/c1-48-32-10-5-23(15-33(32)49-2)27(17-29-30(38)18-43(47)19-31(29)39)28-16-25(8-9-26(28)36(44)45)41-35(22-3-6-24(40)7-4-22)37(46)50-34-20-42-13-11-21(34)12-14-42/h3-10,15-16,18-19,21,27,34-35,41H,11-14,17,20H2,1-2H3,(H-,44,45,47)/p+1/t27?,34-,35?/m0/s1. The molecule has 2 unspecified atom stereocenters. The average Bonchev–Trinajstić information content (AvgIpc) is 3.11. The van der Waals surface area contributed by atoms with Gasteiger partial charge in [0, 0.05) is 28.4 Å². The van der Waals surface area contributed by atoms with E-state index in [9.17, 15) is 24.3 Å². The van der Waals surface area contributed by atoms with Crippen LogP contribution in [0.2, 0.25) is 10.0 Å². The van der Waals surface area contributed by atoms with Crippen molar-refractivity contribution in [2.24, 2.45) is 5.92 Å². The molecule has 0 aliphatic carbocycles. The lowest BCUT2D eigenvalue weighted by atomic mass is 9.83. The molecule has 4 aromatic rings. The van der Waals surface area contributed by atoms with Crippen molar-refractivity contribution in [3.8, 4) is 11.5 Å². The van der Waals surface area contributed by atoms with Crippen LogP contribution in [0, 0.1) is 11.7 Å². The maximum atomic E-state index is 14.0. The molecule has 0 spiro atoms. The number of ether oxygens (including phenoxy) is 3. The van der Waals surface area contributed by atoms with Gasteiger partial charge in [0.2, 0.25) is 12.4 Å². The Hall–Kier alpha value is -4.58. The molecule has 3 atom stereocenters. The Morgan fingerprint density at radius 2 is 1.62 bits per heavy atom. The zero-order valence-corrected chi connectivity index (χ0v) is 29.0. The van der Waals surface area contributed by atoms with Crippen molar-refractivity contribution in [1.29, 1.82) is 0 Å². The number of nitrogens with one attached hydrogen (secondary N) is 1. The molecule has 1 aromatic heterocycles. The van der Waals surface area contributed by atoms with Gasteiger partial charge in [0.1, 0.15) is 22.0 Å². The minimum atomic E-state index is -1.17. The molecule has 50 heavy (non-hydrogen) atoms. The summed E-state index contributed by atoms with van der Waals surface area (Å²) in [5, 5.41) is 24.0. The number of hydrogen-bond acceptors (Lipinski definition) is 8. The maximum absolute atomic E-state index is 14.0. The number of carbonyl (C=O) groups excluding carboxylic acids is 1. The number of aromatic nitrogens is 1. The number of piperidine rings is 3. The highest BCUT2D eigenvalue weighted by atomic mass is 35.5. The number of anilines is 1. The van der Waals surface area contributed by atoms with E-state index in [4.69, 9.17) is 37.4 Å². The van der Waals surface area contributed by atoms with E-state index in [0.717, 1.165) is 30.7 Å². The number of nitrogens with zero attached hydrogens (tertiary/aromatic N) is 2. The summed E-state index contributed by atoms with van der Waals surface area (Å²) in [4.78, 5) is 28.9. The van der Waals surface area contributed by atoms with Crippen LogP contribution in [0.4, 0.5) is 10.1 Å². The van der Waals surface area contributed by atoms with Gasteiger partial charge in [-0.3, -0.25) is 10.1 Å². The van der Waals surface area contributed by atoms with E-state index >= 15 is 0 Å². The van der Waals surface area contributed by atoms with E-state index in [1.807, 2.05) is 0 Å². The smallest absolute Gasteiger partial charge is 0.335 e. The Morgan fingerprint density at radius 1 is 0.960 bits per heavy atom. The quantitative estimate of drug-likeness (QED) is 0.0850. The summed E-state index contributed by atoms with van der Waals surface area (Å²) in [6, 6.07) is 14.6. The summed E-state index contributed by atoms with van der Waals surface area (Å²) in [6.07, 6.45) is 4.36. The maximum Gasteiger partial charge on any atom is 0.335 e. The molecule has 7 rings (SSSR count). The topological polar surface area (TPSA) is 121 Å². The van der Waals surface area contributed by atoms with Crippen LogP contribution in [0.5, 0.6) is 11.5 Å². The fraction of sp³-hybridized carbons (Fsp3) is 0.324. The number of methoxy groups -OCH3 is 2. The number of hydrogen-bond donors (Lipinski definition) is 3. The highest BCUT2D eigenvalue weighted by molar-refractivity contribution is 6.35. The van der Waals surface area contributed by atoms with Crippen molar-refractivity contribution in [2.75, 3.05) is 39.2 Å². The molecular formula is C37H37Cl2FN3O7+. The lowest BCUT2D eigenvalue weighted by Crippen LogP contribution is -2.52. The molecule has 3 saturated heterocycles. The van der Waals surface area contributed by atoms with Crippen molar-refractivity contribution in [1.82, 2.24) is 4.90 Å². The Bertz CT molecular complexity index is 1860. The number of benzene rings is 3. The highest BCUT2D eigenvalue weighted by Gasteiger charge is 2.38. The van der Waals surface area contributed by atoms with Crippen LogP contribution in [-0.2, 0) is 16.0 Å². The molecule has 0 saturated carbocycles. The largest absolute Gasteiger partial charge is 0.493 e. The van der Waals surface area contributed by atoms with Crippen LogP contribution in [0.3, 0.4) is 0 Å². The van der Waals surface area contributed by atoms with Crippen molar-refractivity contribution >= 4 is 40.8 Å². The third-order valence-electron chi connectivity index (χ3n) is 9.56. The zero-order valence-electron chi connectivity index (χ0n) is 27.4. The normalized spacial score (nSPS) is 19.3. The van der Waals surface area contributed by atoms with E-state index in [0.29, 0.717) is 46.0 Å². The third kappa shape index (κ3) is 7.60. The SMILES string of the molecule is COc1ccc(C(Cc2c(Cl)c[n+](O)cc2Cl)c2cc(NC(C(=O)O[C@H]3CN4CCC3CC4)c3ccc(F)cc3)ccc2C(=O)O)cc1OC. The average molecular weight is 726 g/mol. The number of carboxylic acid groups (broad SMARTS) is 1. The first kappa shape index (κ1) is 35.3. The summed E-state index contributed by atoms with van der Waals surface area (Å²) in [7, 11) is 3.01. The van der Waals surface area contributed by atoms with Gasteiger partial charge in [-0.2, -0.15) is 0 Å². The number of esters is 1. The molecule has 3 N–H and O–H groups in total. The summed E-state index contributed by atoms with van der Waals surface area (Å²) < 4.78 is 31.9. The van der Waals surface area contributed by atoms with Crippen LogP contribution in [0.25, 0.3) is 0 Å². The predicted molar refractivity (Wildman–Crippen MR) is 184 cm³/mol. The first-order valence-electron chi connectivity index (χ1n) is 16.2. The molecule has 262 valence electrons. The number of carboxylic acids is 1. The Labute approximate surface area is 298 Å². The monoisotopic (exact) mass is 724 g/mol. The summed E-state index contributed by atoms with van der Waals surface area (Å²) in [5.74, 6) is -1.64. The molecule has 10 nitrogen and oxygen atoms in total. The Balaban J connectivity index is 1.42. The molecule has 3 aliphatic rings. The predicted octanol–water partition coefficient (Wildman–Crippen LogP) is 6.54. The lowest BCUT2D eigenvalue weighted by molar-refractivity contribution is -0.904. The van der Waals surface area contributed by atoms with Crippen LogP contribution in [-0.4, -0.2) is 67.1 Å². The molecule has 3 fully saturated rings. The number of pyridine rings is 1. The molecule has 4 heterocycles. The van der Waals surface area contributed by atoms with Gasteiger partial charge < -0.3 is 24.6 Å². The van der Waals surface area contributed by atoms with E-state index in [-0.39, 0.29) is 34.1 Å². The second-order valence-electron chi connectivity index (χ2n) is 12.5. The van der Waals surface area contributed by atoms with Gasteiger partial charge in [0.25, 0.3) is 0 Å². The highest BCUT2D eigenvalue weighted by Crippen LogP contribution is 2.40. The van der Waals surface area contributed by atoms with E-state index in [1.165, 1.54) is 56.9 Å². The second kappa shape index (κ2) is 15.1. The fourth-order valence-corrected chi connectivity index (χ4v) is 7.52. The van der Waals surface area contributed by atoms with Gasteiger partial charge in [-0.05, 0) is 97.4 Å². The molecule has 0 amide bonds. The lowest BCUT2D eigenvalue weighted by Gasteiger charge is -2.44. The first-order chi connectivity index (χ1) is 24.0. The number of carbonyl (C=O) groups is 2. The van der Waals surface area contributed by atoms with Crippen LogP contribution in [0.15, 0.2) is 73.1 Å². The van der Waals surface area contributed by atoms with Gasteiger partial charge in [-0.15, -0.1) is 0 Å². The van der Waals surface area contributed by atoms with Crippen molar-refractivity contribution < 1.29 is 43.2 Å². The van der Waals surface area contributed by atoms with E-state index < -0.39 is 29.7 Å². The molecule has 0 radical (unpaired) electrons. The molecule has 3 aromatic carbocycles. The van der Waals surface area contributed by atoms with Gasteiger partial charge >= 0.3 is 11.9 Å². The van der Waals surface area contributed by atoms with Crippen LogP contribution < -0.4 is 19.5 Å². The van der Waals surface area contributed by atoms with Gasteiger partial charge in [0.05, 0.1) is 19.8 Å². The molecule has 3 aliphatic heterocycles. The first-order valence-corrected chi connectivity index (χ1v) is 16.9. The summed E-state index contributed by atoms with van der Waals surface area (Å²) in [5.41, 5.74) is 2.42. The summed E-state index contributed by atoms with van der Waals surface area (Å²) in [6.45, 7) is 2.63. The van der Waals surface area contributed by atoms with Gasteiger partial charge in [-0.1, -0.05) is 41.4 Å². The van der Waals surface area contributed by atoms with Crippen molar-refractivity contribution in [2.45, 2.75) is 37.3 Å². The van der Waals surface area contributed by atoms with Crippen molar-refractivity contribution in [3.05, 3.63) is 117 Å². The third-order valence-corrected chi connectivity index (χ3v) is 10.2. The van der Waals surface area contributed by atoms with Crippen LogP contribution >= 0.6 is 23.2 Å². The number of aromatic carboxylic acids is 1. The minimum Gasteiger partial charge on any atom is -0.493 e. The zero-order chi connectivity index (χ0) is 35.5. The van der Waals surface area contributed by atoms with Crippen LogP contribution in [0.1, 0.15) is 57.4 Å². The fourth-order valence-electron chi connectivity index (χ4n) is 6.91. The number of fused-ring (bicyclic) bond motifs is 3. The van der Waals surface area contributed by atoms with E-state index in [1.54, 1.807) is 30.3 Å². The molecule has 13 heteroatoms. The van der Waals surface area contributed by atoms with Gasteiger partial charge in [-0.25, -0.2) is 14.0 Å². The van der Waals surface area contributed by atoms with E-state index in [2.05, 4.69) is 10.2 Å².